The van der Waals surface area contributed by atoms with Crippen molar-refractivity contribution in [1.29, 1.82) is 0 Å². The van der Waals surface area contributed by atoms with Gasteiger partial charge in [0.1, 0.15) is 11.5 Å². The third kappa shape index (κ3) is 3.78. The number of hydrogen-bond acceptors (Lipinski definition) is 4. The fraction of sp³-hybridized carbons (Fsp3) is 0.538. The van der Waals surface area contributed by atoms with E-state index in [4.69, 9.17) is 0 Å². The zero-order valence-electron chi connectivity index (χ0n) is 11.5. The Kier molecular flexibility index (Phi) is 6.60. The fourth-order valence-electron chi connectivity index (χ4n) is 2.24. The maximum atomic E-state index is 13.8. The smallest absolute Gasteiger partial charge is 0.293 e. The molecule has 112 valence electrons. The highest BCUT2D eigenvalue weighted by molar-refractivity contribution is 14.1. The fourth-order valence-corrected chi connectivity index (χ4v) is 2.69. The van der Waals surface area contributed by atoms with Gasteiger partial charge < -0.3 is 10.0 Å². The molecule has 0 atom stereocenters. The second-order valence-electron chi connectivity index (χ2n) is 4.40. The van der Waals surface area contributed by atoms with Gasteiger partial charge in [-0.15, -0.1) is 0 Å². The van der Waals surface area contributed by atoms with E-state index >= 15 is 0 Å². The monoisotopic (exact) mass is 396 g/mol. The van der Waals surface area contributed by atoms with Crippen molar-refractivity contribution >= 4 is 34.0 Å². The van der Waals surface area contributed by atoms with Crippen molar-refractivity contribution in [2.75, 3.05) is 18.1 Å². The van der Waals surface area contributed by atoms with Crippen molar-refractivity contribution in [2.24, 2.45) is 0 Å². The highest BCUT2D eigenvalue weighted by Gasteiger charge is 2.25. The van der Waals surface area contributed by atoms with Gasteiger partial charge in [-0.2, -0.15) is 0 Å². The Morgan fingerprint density at radius 3 is 2.50 bits per heavy atom. The van der Waals surface area contributed by atoms with Gasteiger partial charge >= 0.3 is 0 Å². The molecular formula is C13H18FIN2O3. The van der Waals surface area contributed by atoms with Gasteiger partial charge in [0.25, 0.3) is 5.69 Å². The van der Waals surface area contributed by atoms with Gasteiger partial charge in [0.2, 0.25) is 0 Å². The van der Waals surface area contributed by atoms with Crippen molar-refractivity contribution in [3.05, 3.63) is 31.6 Å². The number of nitro groups is 1. The summed E-state index contributed by atoms with van der Waals surface area (Å²) in [6, 6.07) is 2.45. The molecule has 1 N–H and O–H groups in total. The number of nitrogens with zero attached hydrogens (tertiary/aromatic N) is 2. The highest BCUT2D eigenvalue weighted by atomic mass is 127. The van der Waals surface area contributed by atoms with Crippen LogP contribution in [0.25, 0.3) is 0 Å². The van der Waals surface area contributed by atoms with Crippen LogP contribution in [0, 0.1) is 19.5 Å². The summed E-state index contributed by atoms with van der Waals surface area (Å²) in [6.07, 6.45) is 1.53. The molecule has 0 unspecified atom stereocenters. The first-order chi connectivity index (χ1) is 9.46. The van der Waals surface area contributed by atoms with Gasteiger partial charge in [0.05, 0.1) is 15.1 Å². The van der Waals surface area contributed by atoms with E-state index in [1.54, 1.807) is 27.5 Å². The van der Waals surface area contributed by atoms with Crippen molar-refractivity contribution in [3.8, 4) is 0 Å². The number of aliphatic hydroxyl groups excluding tert-OH is 1. The van der Waals surface area contributed by atoms with E-state index in [9.17, 15) is 19.6 Å². The van der Waals surface area contributed by atoms with Gasteiger partial charge in [-0.1, -0.05) is 13.8 Å². The van der Waals surface area contributed by atoms with Crippen LogP contribution in [0.4, 0.5) is 15.8 Å². The minimum Gasteiger partial charge on any atom is -0.395 e. The number of halogens is 2. The number of aliphatic hydroxyl groups is 1. The summed E-state index contributed by atoms with van der Waals surface area (Å²) in [4.78, 5) is 12.4. The number of hydrogen-bond donors (Lipinski definition) is 1. The standard InChI is InChI=1S/C13H18FIN2O3/c1-3-9(4-2)16(5-6-18)12-7-10(14)11(15)8-13(12)17(19)20/h7-9,18H,3-6H2,1-2H3. The molecule has 0 aliphatic rings. The predicted molar refractivity (Wildman–Crippen MR) is 84.6 cm³/mol. The van der Waals surface area contributed by atoms with Crippen LogP contribution < -0.4 is 4.90 Å². The van der Waals surface area contributed by atoms with E-state index in [0.29, 0.717) is 0 Å². The van der Waals surface area contributed by atoms with Gasteiger partial charge in [-0.05, 0) is 35.4 Å². The summed E-state index contributed by atoms with van der Waals surface area (Å²) < 4.78 is 14.0. The first kappa shape index (κ1) is 17.1. The lowest BCUT2D eigenvalue weighted by Crippen LogP contribution is -2.37. The summed E-state index contributed by atoms with van der Waals surface area (Å²) in [5.41, 5.74) is 0.104. The topological polar surface area (TPSA) is 66.6 Å². The minimum atomic E-state index is -0.510. The molecule has 0 heterocycles. The van der Waals surface area contributed by atoms with Crippen LogP contribution in [-0.2, 0) is 0 Å². The number of benzene rings is 1. The Balaban J connectivity index is 3.37. The minimum absolute atomic E-state index is 0.0281. The molecule has 0 spiro atoms. The van der Waals surface area contributed by atoms with Crippen LogP contribution in [0.15, 0.2) is 12.1 Å². The number of anilines is 1. The summed E-state index contributed by atoms with van der Waals surface area (Å²) in [5, 5.41) is 20.4. The third-order valence-corrected chi connectivity index (χ3v) is 4.07. The Bertz CT molecular complexity index is 481. The molecule has 1 aromatic rings. The molecular weight excluding hydrogens is 378 g/mol. The van der Waals surface area contributed by atoms with E-state index in [1.807, 2.05) is 13.8 Å². The summed E-state index contributed by atoms with van der Waals surface area (Å²) in [7, 11) is 0. The van der Waals surface area contributed by atoms with Gasteiger partial charge in [-0.3, -0.25) is 10.1 Å². The lowest BCUT2D eigenvalue weighted by molar-refractivity contribution is -0.384. The van der Waals surface area contributed by atoms with Crippen molar-refractivity contribution in [3.63, 3.8) is 0 Å². The molecule has 1 rings (SSSR count). The Morgan fingerprint density at radius 1 is 1.45 bits per heavy atom. The van der Waals surface area contributed by atoms with E-state index in [0.717, 1.165) is 12.8 Å². The molecule has 0 aliphatic carbocycles. The van der Waals surface area contributed by atoms with Crippen molar-refractivity contribution in [2.45, 2.75) is 32.7 Å². The SMILES string of the molecule is CCC(CC)N(CCO)c1cc(F)c(I)cc1[N+](=O)[O-]. The van der Waals surface area contributed by atoms with Crippen LogP contribution in [0.5, 0.6) is 0 Å². The van der Waals surface area contributed by atoms with E-state index in [1.165, 1.54) is 12.1 Å². The number of rotatable bonds is 7. The zero-order valence-corrected chi connectivity index (χ0v) is 13.6. The molecule has 0 saturated carbocycles. The van der Waals surface area contributed by atoms with Gasteiger partial charge in [0.15, 0.2) is 0 Å². The van der Waals surface area contributed by atoms with Crippen LogP contribution >= 0.6 is 22.6 Å². The summed E-state index contributed by atoms with van der Waals surface area (Å²) in [6.45, 7) is 4.04. The van der Waals surface area contributed by atoms with Crippen LogP contribution in [0.3, 0.4) is 0 Å². The number of nitro benzene ring substituents is 1. The Hall–Kier alpha value is -0.960. The molecule has 1 aromatic carbocycles. The second kappa shape index (κ2) is 7.72. The molecule has 0 amide bonds. The maximum Gasteiger partial charge on any atom is 0.293 e. The van der Waals surface area contributed by atoms with E-state index in [2.05, 4.69) is 0 Å². The van der Waals surface area contributed by atoms with Crippen molar-refractivity contribution < 1.29 is 14.4 Å². The maximum absolute atomic E-state index is 13.8. The quantitative estimate of drug-likeness (QED) is 0.436. The molecule has 0 fully saturated rings. The molecule has 7 heteroatoms. The third-order valence-electron chi connectivity index (χ3n) is 3.25. The van der Waals surface area contributed by atoms with Crippen LogP contribution in [-0.4, -0.2) is 29.2 Å². The lowest BCUT2D eigenvalue weighted by Gasteiger charge is -2.31. The largest absolute Gasteiger partial charge is 0.395 e. The molecule has 0 bridgehead atoms. The predicted octanol–water partition coefficient (Wildman–Crippen LogP) is 3.33. The van der Waals surface area contributed by atoms with Crippen LogP contribution in [0.1, 0.15) is 26.7 Å². The van der Waals surface area contributed by atoms with E-state index in [-0.39, 0.29) is 34.1 Å². The van der Waals surface area contributed by atoms with Gasteiger partial charge in [0, 0.05) is 24.7 Å². The highest BCUT2D eigenvalue weighted by Crippen LogP contribution is 2.33. The van der Waals surface area contributed by atoms with E-state index < -0.39 is 10.7 Å². The summed E-state index contributed by atoms with van der Waals surface area (Å²) >= 11 is 1.73. The Labute approximate surface area is 131 Å². The first-order valence-electron chi connectivity index (χ1n) is 6.47. The second-order valence-corrected chi connectivity index (χ2v) is 5.56. The molecule has 0 aliphatic heterocycles. The first-order valence-corrected chi connectivity index (χ1v) is 7.55. The summed E-state index contributed by atoms with van der Waals surface area (Å²) in [5.74, 6) is -0.486. The molecule has 5 nitrogen and oxygen atoms in total. The molecule has 20 heavy (non-hydrogen) atoms. The molecule has 0 aromatic heterocycles. The lowest BCUT2D eigenvalue weighted by atomic mass is 10.1. The average molecular weight is 396 g/mol. The van der Waals surface area contributed by atoms with Crippen molar-refractivity contribution in [1.82, 2.24) is 0 Å². The molecule has 0 radical (unpaired) electrons. The Morgan fingerprint density at radius 2 is 2.05 bits per heavy atom. The normalized spacial score (nSPS) is 10.9. The molecule has 0 saturated heterocycles. The average Bonchev–Trinajstić information content (AvgIpc) is 2.41. The zero-order chi connectivity index (χ0) is 15.3. The van der Waals surface area contributed by atoms with Gasteiger partial charge in [-0.25, -0.2) is 4.39 Å². The van der Waals surface area contributed by atoms with Crippen LogP contribution in [0.2, 0.25) is 0 Å².